The molecule has 0 amide bonds. The molecule has 0 aromatic carbocycles. The standard InChI is InChI=1S/C31H48FN5O6/c1-4-6-7-8-9-10-11-12-13-14-15-16-20-42-25(39)18-17-19-26(40)43-22-31(5-2,41-3)24(38)21-37-23-34-27-28(33)35-30(32)36-29(27)37/h2,23-24,38H,4,6-22H2,1,3H3,(H2,33,35,36)/t24-,31+/m0/s1. The molecule has 0 fully saturated rings. The molecule has 0 aliphatic rings. The van der Waals surface area contributed by atoms with E-state index in [1.807, 2.05) is 0 Å². The average Bonchev–Trinajstić information content (AvgIpc) is 3.38. The van der Waals surface area contributed by atoms with Crippen LogP contribution in [0.3, 0.4) is 0 Å². The Hall–Kier alpha value is -3.30. The number of ether oxygens (including phenoxy) is 3. The topological polar surface area (TPSA) is 152 Å². The number of nitrogens with zero attached hydrogens (tertiary/aromatic N) is 4. The van der Waals surface area contributed by atoms with Gasteiger partial charge < -0.3 is 29.6 Å². The van der Waals surface area contributed by atoms with E-state index in [1.165, 1.54) is 75.8 Å². The Morgan fingerprint density at radius 2 is 1.58 bits per heavy atom. The summed E-state index contributed by atoms with van der Waals surface area (Å²) in [5.41, 5.74) is 4.21. The van der Waals surface area contributed by atoms with Crippen LogP contribution < -0.4 is 5.73 Å². The lowest BCUT2D eigenvalue weighted by molar-refractivity contribution is -0.157. The van der Waals surface area contributed by atoms with Gasteiger partial charge in [0.15, 0.2) is 17.1 Å². The smallest absolute Gasteiger partial charge is 0.312 e. The minimum absolute atomic E-state index is 0.0319. The molecule has 12 heteroatoms. The number of nitrogens with two attached hydrogens (primary N) is 1. The van der Waals surface area contributed by atoms with E-state index in [1.54, 1.807) is 0 Å². The number of fused-ring (bicyclic) bond motifs is 1. The highest BCUT2D eigenvalue weighted by molar-refractivity contribution is 5.81. The number of rotatable bonds is 23. The van der Waals surface area contributed by atoms with Gasteiger partial charge >= 0.3 is 18.0 Å². The number of terminal acetylenes is 1. The first kappa shape index (κ1) is 35.9. The third kappa shape index (κ3) is 12.5. The third-order valence-corrected chi connectivity index (χ3v) is 7.45. The van der Waals surface area contributed by atoms with Gasteiger partial charge in [-0.15, -0.1) is 6.42 Å². The van der Waals surface area contributed by atoms with Gasteiger partial charge in [-0.25, -0.2) is 4.98 Å². The Balaban J connectivity index is 1.61. The molecule has 2 aromatic heterocycles. The van der Waals surface area contributed by atoms with Gasteiger partial charge in [0, 0.05) is 20.0 Å². The fourth-order valence-electron chi connectivity index (χ4n) is 4.73. The van der Waals surface area contributed by atoms with Crippen LogP contribution in [0.2, 0.25) is 0 Å². The van der Waals surface area contributed by atoms with Gasteiger partial charge in [-0.2, -0.15) is 14.4 Å². The highest BCUT2D eigenvalue weighted by Gasteiger charge is 2.39. The Morgan fingerprint density at radius 1 is 1.00 bits per heavy atom. The number of aliphatic hydroxyl groups is 1. The highest BCUT2D eigenvalue weighted by atomic mass is 19.1. The van der Waals surface area contributed by atoms with Crippen LogP contribution in [0.5, 0.6) is 0 Å². The lowest BCUT2D eigenvalue weighted by Gasteiger charge is -2.31. The maximum Gasteiger partial charge on any atom is 0.312 e. The Morgan fingerprint density at radius 3 is 2.16 bits per heavy atom. The molecule has 0 bridgehead atoms. The molecular formula is C31H48FN5O6. The van der Waals surface area contributed by atoms with Gasteiger partial charge in [-0.05, 0) is 12.8 Å². The first-order chi connectivity index (χ1) is 20.8. The number of esters is 2. The summed E-state index contributed by atoms with van der Waals surface area (Å²) < 4.78 is 30.9. The number of aliphatic hydroxyl groups excluding tert-OH is 1. The molecule has 2 aromatic rings. The first-order valence-electron chi connectivity index (χ1n) is 15.4. The molecule has 11 nitrogen and oxygen atoms in total. The largest absolute Gasteiger partial charge is 0.466 e. The number of imidazole rings is 1. The van der Waals surface area contributed by atoms with Crippen LogP contribution in [0.25, 0.3) is 11.2 Å². The lowest BCUT2D eigenvalue weighted by atomic mass is 9.98. The second-order valence-electron chi connectivity index (χ2n) is 10.8. The van der Waals surface area contributed by atoms with Crippen LogP contribution in [-0.4, -0.2) is 68.6 Å². The molecule has 0 aliphatic carbocycles. The van der Waals surface area contributed by atoms with Crippen molar-refractivity contribution >= 4 is 28.9 Å². The monoisotopic (exact) mass is 605 g/mol. The first-order valence-corrected chi connectivity index (χ1v) is 15.4. The van der Waals surface area contributed by atoms with Crippen molar-refractivity contribution in [3.05, 3.63) is 12.4 Å². The van der Waals surface area contributed by atoms with Crippen molar-refractivity contribution in [2.45, 2.75) is 121 Å². The number of methoxy groups -OCH3 is 1. The summed E-state index contributed by atoms with van der Waals surface area (Å²) in [5.74, 6) is 1.25. The molecule has 0 saturated heterocycles. The van der Waals surface area contributed by atoms with Crippen LogP contribution in [0, 0.1) is 18.4 Å². The van der Waals surface area contributed by atoms with Crippen molar-refractivity contribution in [1.82, 2.24) is 19.5 Å². The minimum atomic E-state index is -1.70. The number of hydrogen-bond acceptors (Lipinski definition) is 10. The number of halogens is 1. The van der Waals surface area contributed by atoms with Gasteiger partial charge in [-0.3, -0.25) is 9.59 Å². The second-order valence-corrected chi connectivity index (χ2v) is 10.8. The van der Waals surface area contributed by atoms with Crippen LogP contribution in [0.4, 0.5) is 10.2 Å². The van der Waals surface area contributed by atoms with Crippen molar-refractivity contribution in [3.8, 4) is 12.3 Å². The maximum absolute atomic E-state index is 13.7. The van der Waals surface area contributed by atoms with Crippen LogP contribution in [-0.2, 0) is 30.3 Å². The maximum atomic E-state index is 13.7. The quantitative estimate of drug-likeness (QED) is 0.0775. The summed E-state index contributed by atoms with van der Waals surface area (Å²) >= 11 is 0. The average molecular weight is 606 g/mol. The Bertz CT molecular complexity index is 1170. The van der Waals surface area contributed by atoms with E-state index in [0.29, 0.717) is 6.61 Å². The third-order valence-electron chi connectivity index (χ3n) is 7.45. The van der Waals surface area contributed by atoms with Crippen molar-refractivity contribution in [1.29, 1.82) is 0 Å². The van der Waals surface area contributed by atoms with Gasteiger partial charge in [0.05, 0.1) is 19.5 Å². The molecular weight excluding hydrogens is 557 g/mol. The van der Waals surface area contributed by atoms with Gasteiger partial charge in [0.25, 0.3) is 0 Å². The molecule has 2 heterocycles. The molecule has 2 atom stereocenters. The summed E-state index contributed by atoms with van der Waals surface area (Å²) in [7, 11) is 1.27. The van der Waals surface area contributed by atoms with Gasteiger partial charge in [-0.1, -0.05) is 83.5 Å². The number of unbranched alkanes of at least 4 members (excludes halogenated alkanes) is 11. The SMILES string of the molecule is C#C[C@](COC(=O)CCCC(=O)OCCCCCCCCCCCCCC)(OC)[C@@H](O)Cn1cnc2c(N)nc(F)nc21. The Labute approximate surface area is 254 Å². The van der Waals surface area contributed by atoms with Crippen LogP contribution in [0.1, 0.15) is 103 Å². The zero-order valence-electron chi connectivity index (χ0n) is 25.7. The van der Waals surface area contributed by atoms with E-state index in [9.17, 15) is 19.1 Å². The van der Waals surface area contributed by atoms with E-state index < -0.39 is 30.4 Å². The zero-order chi connectivity index (χ0) is 31.5. The molecule has 0 radical (unpaired) electrons. The predicted molar refractivity (Wildman–Crippen MR) is 161 cm³/mol. The molecule has 2 rings (SSSR count). The molecule has 0 unspecified atom stereocenters. The van der Waals surface area contributed by atoms with E-state index >= 15 is 0 Å². The van der Waals surface area contributed by atoms with E-state index in [-0.39, 0.29) is 48.8 Å². The molecule has 43 heavy (non-hydrogen) atoms. The van der Waals surface area contributed by atoms with Crippen LogP contribution in [0.15, 0.2) is 6.33 Å². The molecule has 0 aliphatic heterocycles. The number of carbonyl (C=O) groups excluding carboxylic acids is 2. The molecule has 3 N–H and O–H groups in total. The number of aromatic nitrogens is 4. The fourth-order valence-corrected chi connectivity index (χ4v) is 4.73. The zero-order valence-corrected chi connectivity index (χ0v) is 25.7. The van der Waals surface area contributed by atoms with E-state index in [0.717, 1.165) is 19.3 Å². The predicted octanol–water partition coefficient (Wildman–Crippen LogP) is 4.88. The molecule has 0 spiro atoms. The van der Waals surface area contributed by atoms with E-state index in [2.05, 4.69) is 27.8 Å². The van der Waals surface area contributed by atoms with Gasteiger partial charge in [0.2, 0.25) is 0 Å². The summed E-state index contributed by atoms with van der Waals surface area (Å²) in [4.78, 5) is 35.5. The summed E-state index contributed by atoms with van der Waals surface area (Å²) in [6.07, 6.45) is 19.7. The van der Waals surface area contributed by atoms with Crippen molar-refractivity contribution < 1.29 is 33.3 Å². The fraction of sp³-hybridized carbons (Fsp3) is 0.710. The number of nitrogen functional groups attached to an aromatic ring is 1. The lowest BCUT2D eigenvalue weighted by Crippen LogP contribution is -2.49. The number of hydrogen-bond donors (Lipinski definition) is 2. The van der Waals surface area contributed by atoms with Crippen LogP contribution >= 0.6 is 0 Å². The number of carbonyl (C=O) groups is 2. The molecule has 240 valence electrons. The summed E-state index contributed by atoms with van der Waals surface area (Å²) in [6, 6.07) is 0. The Kier molecular flexibility index (Phi) is 16.5. The highest BCUT2D eigenvalue weighted by Crippen LogP contribution is 2.22. The summed E-state index contributed by atoms with van der Waals surface area (Å²) in [6.45, 7) is 1.98. The number of anilines is 1. The second kappa shape index (κ2) is 19.8. The minimum Gasteiger partial charge on any atom is -0.466 e. The van der Waals surface area contributed by atoms with E-state index in [4.69, 9.17) is 26.4 Å². The summed E-state index contributed by atoms with van der Waals surface area (Å²) in [5, 5.41) is 10.9. The van der Waals surface area contributed by atoms with Gasteiger partial charge in [0.1, 0.15) is 18.2 Å². The van der Waals surface area contributed by atoms with Crippen molar-refractivity contribution in [3.63, 3.8) is 0 Å². The van der Waals surface area contributed by atoms with Crippen molar-refractivity contribution in [2.24, 2.45) is 0 Å². The normalized spacial score (nSPS) is 13.4. The van der Waals surface area contributed by atoms with Crippen molar-refractivity contribution in [2.75, 3.05) is 26.1 Å². The molecule has 0 saturated carbocycles.